The molecule has 19 heavy (non-hydrogen) atoms. The van der Waals surface area contributed by atoms with E-state index in [0.29, 0.717) is 11.5 Å². The number of anilines is 1. The number of imidazole rings is 1. The van der Waals surface area contributed by atoms with Crippen molar-refractivity contribution in [3.63, 3.8) is 0 Å². The maximum atomic E-state index is 11.8. The zero-order chi connectivity index (χ0) is 13.1. The summed E-state index contributed by atoms with van der Waals surface area (Å²) in [6.45, 7) is 0. The molecule has 0 spiro atoms. The highest BCUT2D eigenvalue weighted by Gasteiger charge is 2.07. The number of nitrogens with zero attached hydrogens (tertiary/aromatic N) is 5. The molecule has 0 aliphatic carbocycles. The van der Waals surface area contributed by atoms with Crippen LogP contribution in [0.2, 0.25) is 0 Å². The summed E-state index contributed by atoms with van der Waals surface area (Å²) in [7, 11) is 0. The molecule has 0 saturated heterocycles. The Bertz CT molecular complexity index is 675. The summed E-state index contributed by atoms with van der Waals surface area (Å²) in [5.41, 5.74) is 1.40. The number of carbonyl (C=O) groups excluding carboxylic acids is 1. The lowest BCUT2D eigenvalue weighted by molar-refractivity contribution is 0.253. The largest absolute Gasteiger partial charge is 0.331 e. The first kappa shape index (κ1) is 11.1. The molecule has 1 amide bonds. The Hall–Kier alpha value is -3.03. The number of tetrazole rings is 1. The summed E-state index contributed by atoms with van der Waals surface area (Å²) in [5, 5.41) is 16.4. The van der Waals surface area contributed by atoms with Gasteiger partial charge in [0.15, 0.2) is 0 Å². The number of aromatic nitrogens is 6. The molecule has 3 rings (SSSR count). The molecule has 2 N–H and O–H groups in total. The van der Waals surface area contributed by atoms with Crippen LogP contribution in [0.1, 0.15) is 0 Å². The van der Waals surface area contributed by atoms with Crippen LogP contribution in [0.4, 0.5) is 10.5 Å². The molecule has 0 aliphatic heterocycles. The normalized spacial score (nSPS) is 10.3. The second-order valence-electron chi connectivity index (χ2n) is 3.72. The Kier molecular flexibility index (Phi) is 2.73. The first-order valence-electron chi connectivity index (χ1n) is 5.46. The van der Waals surface area contributed by atoms with E-state index in [-0.39, 0.29) is 6.03 Å². The molecule has 0 fully saturated rings. The summed E-state index contributed by atoms with van der Waals surface area (Å²) in [5.74, 6) is 0.471. The molecule has 2 heterocycles. The number of hydrogen-bond donors (Lipinski definition) is 2. The van der Waals surface area contributed by atoms with Crippen LogP contribution in [0.3, 0.4) is 0 Å². The van der Waals surface area contributed by atoms with Gasteiger partial charge in [-0.15, -0.1) is 10.2 Å². The zero-order valence-corrected chi connectivity index (χ0v) is 9.69. The molecule has 3 aromatic rings. The van der Waals surface area contributed by atoms with Gasteiger partial charge in [0.05, 0.1) is 0 Å². The quantitative estimate of drug-likeness (QED) is 0.715. The Morgan fingerprint density at radius 2 is 2.32 bits per heavy atom. The van der Waals surface area contributed by atoms with E-state index in [9.17, 15) is 4.79 Å². The Morgan fingerprint density at radius 3 is 3.05 bits per heavy atom. The van der Waals surface area contributed by atoms with Crippen LogP contribution in [0, 0.1) is 0 Å². The Balaban J connectivity index is 1.82. The average molecular weight is 255 g/mol. The number of rotatable bonds is 2. The number of benzene rings is 1. The molecule has 8 nitrogen and oxygen atoms in total. The predicted molar refractivity (Wildman–Crippen MR) is 66.3 cm³/mol. The lowest BCUT2D eigenvalue weighted by Crippen LogP contribution is -2.17. The third-order valence-corrected chi connectivity index (χ3v) is 2.46. The van der Waals surface area contributed by atoms with E-state index in [1.54, 1.807) is 24.4 Å². The standard InChI is InChI=1S/C11H9N7O/c19-11(18-5-4-12-7-18)13-9-3-1-2-8(6-9)10-14-16-17-15-10/h1-7H,(H,13,19)(H,14,15,16,17). The number of nitrogens with one attached hydrogen (secondary N) is 2. The summed E-state index contributed by atoms with van der Waals surface area (Å²) < 4.78 is 1.35. The van der Waals surface area contributed by atoms with E-state index in [2.05, 4.69) is 30.9 Å². The van der Waals surface area contributed by atoms with E-state index >= 15 is 0 Å². The van der Waals surface area contributed by atoms with Crippen LogP contribution >= 0.6 is 0 Å². The summed E-state index contributed by atoms with van der Waals surface area (Å²) in [6.07, 6.45) is 4.53. The average Bonchev–Trinajstić information content (AvgIpc) is 3.13. The highest BCUT2D eigenvalue weighted by molar-refractivity contribution is 5.91. The van der Waals surface area contributed by atoms with Crippen molar-refractivity contribution in [1.82, 2.24) is 30.2 Å². The minimum atomic E-state index is -0.289. The zero-order valence-electron chi connectivity index (χ0n) is 9.69. The highest BCUT2D eigenvalue weighted by Crippen LogP contribution is 2.18. The molecule has 1 aromatic carbocycles. The van der Waals surface area contributed by atoms with Gasteiger partial charge in [-0.2, -0.15) is 5.21 Å². The van der Waals surface area contributed by atoms with E-state index in [1.807, 2.05) is 6.07 Å². The molecule has 0 radical (unpaired) electrons. The van der Waals surface area contributed by atoms with E-state index in [0.717, 1.165) is 5.56 Å². The van der Waals surface area contributed by atoms with Crippen molar-refractivity contribution >= 4 is 11.7 Å². The van der Waals surface area contributed by atoms with E-state index in [1.165, 1.54) is 17.1 Å². The second kappa shape index (κ2) is 4.69. The third kappa shape index (κ3) is 2.32. The fraction of sp³-hybridized carbons (Fsp3) is 0. The third-order valence-electron chi connectivity index (χ3n) is 2.46. The molecule has 0 aliphatic rings. The van der Waals surface area contributed by atoms with Gasteiger partial charge in [-0.3, -0.25) is 4.57 Å². The fourth-order valence-corrected chi connectivity index (χ4v) is 1.59. The summed E-state index contributed by atoms with van der Waals surface area (Å²) >= 11 is 0. The van der Waals surface area contributed by atoms with Gasteiger partial charge in [0.1, 0.15) is 6.33 Å². The molecule has 0 bridgehead atoms. The van der Waals surface area contributed by atoms with Gasteiger partial charge >= 0.3 is 6.03 Å². The Morgan fingerprint density at radius 1 is 1.37 bits per heavy atom. The molecule has 2 aromatic heterocycles. The number of aromatic amines is 1. The number of amides is 1. The first-order chi connectivity index (χ1) is 9.33. The van der Waals surface area contributed by atoms with Gasteiger partial charge in [-0.1, -0.05) is 12.1 Å². The van der Waals surface area contributed by atoms with Crippen molar-refractivity contribution in [2.24, 2.45) is 0 Å². The summed E-state index contributed by atoms with van der Waals surface area (Å²) in [6, 6.07) is 6.88. The molecule has 0 saturated carbocycles. The lowest BCUT2D eigenvalue weighted by Gasteiger charge is -2.05. The van der Waals surface area contributed by atoms with Gasteiger partial charge in [0, 0.05) is 23.6 Å². The molecule has 94 valence electrons. The van der Waals surface area contributed by atoms with Crippen molar-refractivity contribution in [3.05, 3.63) is 43.0 Å². The van der Waals surface area contributed by atoms with E-state index in [4.69, 9.17) is 0 Å². The van der Waals surface area contributed by atoms with Crippen molar-refractivity contribution in [3.8, 4) is 11.4 Å². The van der Waals surface area contributed by atoms with Crippen LogP contribution in [0.25, 0.3) is 11.4 Å². The van der Waals surface area contributed by atoms with Crippen molar-refractivity contribution in [2.75, 3.05) is 5.32 Å². The van der Waals surface area contributed by atoms with Gasteiger partial charge in [0.25, 0.3) is 0 Å². The first-order valence-corrected chi connectivity index (χ1v) is 5.46. The lowest BCUT2D eigenvalue weighted by atomic mass is 10.2. The predicted octanol–water partition coefficient (Wildman–Crippen LogP) is 1.14. The molecular formula is C11H9N7O. The minimum absolute atomic E-state index is 0.289. The fourth-order valence-electron chi connectivity index (χ4n) is 1.59. The van der Waals surface area contributed by atoms with Crippen LogP contribution < -0.4 is 5.32 Å². The van der Waals surface area contributed by atoms with Gasteiger partial charge < -0.3 is 5.32 Å². The topological polar surface area (TPSA) is 101 Å². The maximum absolute atomic E-state index is 11.8. The van der Waals surface area contributed by atoms with Crippen molar-refractivity contribution in [2.45, 2.75) is 0 Å². The van der Waals surface area contributed by atoms with E-state index < -0.39 is 0 Å². The Labute approximate surface area is 107 Å². The van der Waals surface area contributed by atoms with Crippen LogP contribution in [0.15, 0.2) is 43.0 Å². The maximum Gasteiger partial charge on any atom is 0.331 e. The molecule has 0 unspecified atom stereocenters. The monoisotopic (exact) mass is 255 g/mol. The highest BCUT2D eigenvalue weighted by atomic mass is 16.2. The second-order valence-corrected chi connectivity index (χ2v) is 3.72. The summed E-state index contributed by atoms with van der Waals surface area (Å²) in [4.78, 5) is 15.6. The van der Waals surface area contributed by atoms with Crippen LogP contribution in [0.5, 0.6) is 0 Å². The molecular weight excluding hydrogens is 246 g/mol. The number of carbonyl (C=O) groups is 1. The van der Waals surface area contributed by atoms with Crippen molar-refractivity contribution < 1.29 is 4.79 Å². The number of H-pyrrole nitrogens is 1. The number of hydrogen-bond acceptors (Lipinski definition) is 5. The van der Waals surface area contributed by atoms with Gasteiger partial charge in [-0.25, -0.2) is 9.78 Å². The SMILES string of the molecule is O=C(Nc1cccc(-c2nn[nH]n2)c1)n1ccnc1. The molecule has 0 atom stereocenters. The van der Waals surface area contributed by atoms with Crippen molar-refractivity contribution in [1.29, 1.82) is 0 Å². The van der Waals surface area contributed by atoms with Gasteiger partial charge in [-0.05, 0) is 17.3 Å². The molecule has 8 heteroatoms. The van der Waals surface area contributed by atoms with Gasteiger partial charge in [0.2, 0.25) is 5.82 Å². The van der Waals surface area contributed by atoms with Crippen LogP contribution in [-0.4, -0.2) is 36.2 Å². The minimum Gasteiger partial charge on any atom is -0.307 e. The smallest absolute Gasteiger partial charge is 0.307 e. The van der Waals surface area contributed by atoms with Crippen LogP contribution in [-0.2, 0) is 0 Å².